The van der Waals surface area contributed by atoms with Crippen molar-refractivity contribution in [1.29, 1.82) is 0 Å². The van der Waals surface area contributed by atoms with E-state index in [1.807, 2.05) is 18.2 Å². The van der Waals surface area contributed by atoms with Gasteiger partial charge in [-0.3, -0.25) is 9.59 Å². The predicted molar refractivity (Wildman–Crippen MR) is 108 cm³/mol. The van der Waals surface area contributed by atoms with Crippen LogP contribution in [0.5, 0.6) is 0 Å². The number of benzene rings is 1. The number of nitrogens with one attached hydrogen (secondary N) is 1. The number of ether oxygens (including phenoxy) is 1. The van der Waals surface area contributed by atoms with E-state index in [1.165, 1.54) is 29.4 Å². The fourth-order valence-electron chi connectivity index (χ4n) is 4.06. The molecule has 1 N–H and O–H groups in total. The van der Waals surface area contributed by atoms with Crippen molar-refractivity contribution >= 4 is 34.0 Å². The monoisotopic (exact) mass is 397 g/mol. The molecule has 1 amide bonds. The summed E-state index contributed by atoms with van der Waals surface area (Å²) in [5.74, 6) is -0.951. The van der Waals surface area contributed by atoms with E-state index in [-0.39, 0.29) is 18.3 Å². The lowest BCUT2D eigenvalue weighted by Crippen LogP contribution is -2.17. The molecule has 0 spiro atoms. The van der Waals surface area contributed by atoms with E-state index in [1.54, 1.807) is 0 Å². The number of esters is 1. The zero-order valence-corrected chi connectivity index (χ0v) is 16.7. The first-order valence-electron chi connectivity index (χ1n) is 9.77. The fraction of sp³-hybridized carbons (Fsp3) is 0.409. The number of hydrogen-bond acceptors (Lipinski definition) is 5. The summed E-state index contributed by atoms with van der Waals surface area (Å²) < 4.78 is 5.38. The predicted octanol–water partition coefficient (Wildman–Crippen LogP) is 4.11. The summed E-state index contributed by atoms with van der Waals surface area (Å²) in [6, 6.07) is 5.74. The van der Waals surface area contributed by atoms with Crippen LogP contribution in [0.15, 0.2) is 18.2 Å². The standard InChI is InChI=1S/C22H23NO4S/c1-13(24)23-21-20(17-7-2-3-8-19(17)28-21)22(26)27-12-18(25)16-10-9-14-5-4-6-15(14)11-16/h9-11H,2-8,12H2,1H3,(H,23,24). The first-order valence-corrected chi connectivity index (χ1v) is 10.6. The average molecular weight is 397 g/mol. The minimum atomic E-state index is -0.530. The highest BCUT2D eigenvalue weighted by molar-refractivity contribution is 7.17. The maximum absolute atomic E-state index is 12.8. The molecule has 28 heavy (non-hydrogen) atoms. The van der Waals surface area contributed by atoms with Crippen LogP contribution >= 0.6 is 11.3 Å². The number of Topliss-reactive ketones (excluding diaryl/α,β-unsaturated/α-hetero) is 1. The van der Waals surface area contributed by atoms with Crippen molar-refractivity contribution in [2.24, 2.45) is 0 Å². The van der Waals surface area contributed by atoms with E-state index in [9.17, 15) is 14.4 Å². The zero-order valence-electron chi connectivity index (χ0n) is 15.9. The van der Waals surface area contributed by atoms with Gasteiger partial charge in [0.2, 0.25) is 5.91 Å². The molecule has 0 bridgehead atoms. The number of ketones is 1. The Kier molecular flexibility index (Phi) is 5.31. The van der Waals surface area contributed by atoms with Crippen LogP contribution in [0, 0.1) is 0 Å². The second kappa shape index (κ2) is 7.87. The van der Waals surface area contributed by atoms with E-state index < -0.39 is 5.97 Å². The molecule has 4 rings (SSSR count). The van der Waals surface area contributed by atoms with Crippen LogP contribution in [0.3, 0.4) is 0 Å². The van der Waals surface area contributed by atoms with Crippen molar-refractivity contribution in [3.63, 3.8) is 0 Å². The van der Waals surface area contributed by atoms with Crippen LogP contribution in [0.1, 0.15) is 68.5 Å². The summed E-state index contributed by atoms with van der Waals surface area (Å²) in [6.45, 7) is 1.13. The van der Waals surface area contributed by atoms with Gasteiger partial charge in [-0.1, -0.05) is 12.1 Å². The van der Waals surface area contributed by atoms with E-state index in [0.29, 0.717) is 16.1 Å². The number of anilines is 1. The van der Waals surface area contributed by atoms with Gasteiger partial charge in [-0.2, -0.15) is 0 Å². The lowest BCUT2D eigenvalue weighted by Gasteiger charge is -2.12. The fourth-order valence-corrected chi connectivity index (χ4v) is 5.39. The van der Waals surface area contributed by atoms with Crippen LogP contribution in [0.2, 0.25) is 0 Å². The van der Waals surface area contributed by atoms with Gasteiger partial charge < -0.3 is 10.1 Å². The van der Waals surface area contributed by atoms with Crippen LogP contribution in [-0.2, 0) is 35.2 Å². The van der Waals surface area contributed by atoms with Crippen molar-refractivity contribution in [3.8, 4) is 0 Å². The molecule has 0 saturated carbocycles. The third-order valence-electron chi connectivity index (χ3n) is 5.42. The molecular weight excluding hydrogens is 374 g/mol. The summed E-state index contributed by atoms with van der Waals surface area (Å²) in [5, 5.41) is 3.29. The molecule has 2 aliphatic carbocycles. The molecule has 1 aromatic carbocycles. The largest absolute Gasteiger partial charge is 0.454 e. The van der Waals surface area contributed by atoms with E-state index in [4.69, 9.17) is 4.74 Å². The first-order chi connectivity index (χ1) is 13.5. The molecule has 2 aromatic rings. The summed E-state index contributed by atoms with van der Waals surface area (Å²) in [5.41, 5.74) is 4.50. The molecule has 0 atom stereocenters. The van der Waals surface area contributed by atoms with Gasteiger partial charge in [-0.05, 0) is 67.7 Å². The van der Waals surface area contributed by atoms with Crippen LogP contribution in [-0.4, -0.2) is 24.3 Å². The highest BCUT2D eigenvalue weighted by atomic mass is 32.1. The molecule has 0 fully saturated rings. The normalized spacial score (nSPS) is 14.9. The van der Waals surface area contributed by atoms with E-state index in [2.05, 4.69) is 5.32 Å². The Morgan fingerprint density at radius 3 is 2.64 bits per heavy atom. The maximum atomic E-state index is 12.8. The Balaban J connectivity index is 1.50. The van der Waals surface area contributed by atoms with Gasteiger partial charge in [0.05, 0.1) is 5.56 Å². The number of fused-ring (bicyclic) bond motifs is 2. The number of carbonyl (C=O) groups excluding carboxylic acids is 3. The molecule has 6 heteroatoms. The molecule has 5 nitrogen and oxygen atoms in total. The number of hydrogen-bond donors (Lipinski definition) is 1. The van der Waals surface area contributed by atoms with Gasteiger partial charge in [-0.15, -0.1) is 11.3 Å². The summed E-state index contributed by atoms with van der Waals surface area (Å²) in [7, 11) is 0. The van der Waals surface area contributed by atoms with Gasteiger partial charge >= 0.3 is 5.97 Å². The number of aryl methyl sites for hydroxylation is 3. The molecule has 1 heterocycles. The SMILES string of the molecule is CC(=O)Nc1sc2c(c1C(=O)OCC(=O)c1ccc3c(c1)CCC3)CCCC2. The van der Waals surface area contributed by atoms with E-state index >= 15 is 0 Å². The van der Waals surface area contributed by atoms with Crippen molar-refractivity contribution in [3.05, 3.63) is 50.9 Å². The third-order valence-corrected chi connectivity index (χ3v) is 6.63. The first kappa shape index (κ1) is 18.9. The quantitative estimate of drug-likeness (QED) is 0.609. The van der Waals surface area contributed by atoms with Gasteiger partial charge in [0.15, 0.2) is 12.4 Å². The van der Waals surface area contributed by atoms with Crippen molar-refractivity contribution in [2.75, 3.05) is 11.9 Å². The Bertz CT molecular complexity index is 960. The second-order valence-corrected chi connectivity index (χ2v) is 8.54. The average Bonchev–Trinajstić information content (AvgIpc) is 3.28. The number of carbonyl (C=O) groups is 3. The van der Waals surface area contributed by atoms with Crippen LogP contribution in [0.25, 0.3) is 0 Å². The Morgan fingerprint density at radius 1 is 1.04 bits per heavy atom. The van der Waals surface area contributed by atoms with Crippen LogP contribution < -0.4 is 5.32 Å². The van der Waals surface area contributed by atoms with E-state index in [0.717, 1.165) is 55.4 Å². The van der Waals surface area contributed by atoms with Crippen molar-refractivity contribution < 1.29 is 19.1 Å². The van der Waals surface area contributed by atoms with Crippen molar-refractivity contribution in [2.45, 2.75) is 51.9 Å². The molecule has 0 unspecified atom stereocenters. The van der Waals surface area contributed by atoms with Gasteiger partial charge in [-0.25, -0.2) is 4.79 Å². The lowest BCUT2D eigenvalue weighted by molar-refractivity contribution is -0.114. The minimum Gasteiger partial charge on any atom is -0.454 e. The van der Waals surface area contributed by atoms with Crippen molar-refractivity contribution in [1.82, 2.24) is 0 Å². The zero-order chi connectivity index (χ0) is 19.7. The third kappa shape index (κ3) is 3.74. The Labute approximate surface area is 168 Å². The smallest absolute Gasteiger partial charge is 0.341 e. The van der Waals surface area contributed by atoms with Gasteiger partial charge in [0.1, 0.15) is 5.00 Å². The number of thiophene rings is 1. The molecule has 0 radical (unpaired) electrons. The molecule has 1 aromatic heterocycles. The highest BCUT2D eigenvalue weighted by Crippen LogP contribution is 2.38. The maximum Gasteiger partial charge on any atom is 0.341 e. The number of rotatable bonds is 5. The van der Waals surface area contributed by atoms with Gasteiger partial charge in [0, 0.05) is 17.4 Å². The molecular formula is C22H23NO4S. The molecule has 0 saturated heterocycles. The topological polar surface area (TPSA) is 72.5 Å². The summed E-state index contributed by atoms with van der Waals surface area (Å²) in [4.78, 5) is 38.0. The minimum absolute atomic E-state index is 0.201. The Morgan fingerprint density at radius 2 is 1.82 bits per heavy atom. The van der Waals surface area contributed by atoms with Crippen LogP contribution in [0.4, 0.5) is 5.00 Å². The summed E-state index contributed by atoms with van der Waals surface area (Å²) in [6.07, 6.45) is 6.99. The highest BCUT2D eigenvalue weighted by Gasteiger charge is 2.27. The molecule has 2 aliphatic rings. The second-order valence-electron chi connectivity index (χ2n) is 7.43. The Hall–Kier alpha value is -2.47. The molecule has 146 valence electrons. The number of amides is 1. The molecule has 0 aliphatic heterocycles. The lowest BCUT2D eigenvalue weighted by atomic mass is 9.95. The van der Waals surface area contributed by atoms with Gasteiger partial charge in [0.25, 0.3) is 0 Å². The summed E-state index contributed by atoms with van der Waals surface area (Å²) >= 11 is 1.45.